The molecule has 4 heteroatoms. The zero-order chi connectivity index (χ0) is 10.8. The van der Waals surface area contributed by atoms with Crippen LogP contribution in [0.3, 0.4) is 0 Å². The monoisotopic (exact) mass is 206 g/mol. The summed E-state index contributed by atoms with van der Waals surface area (Å²) in [7, 11) is 1.49. The number of allylic oxidation sites excluding steroid dienone is 3. The molecule has 2 atom stereocenters. The van der Waals surface area contributed by atoms with Gasteiger partial charge < -0.3 is 4.74 Å². The highest BCUT2D eigenvalue weighted by atomic mass is 19.4. The van der Waals surface area contributed by atoms with E-state index >= 15 is 0 Å². The van der Waals surface area contributed by atoms with Crippen LogP contribution in [0.5, 0.6) is 0 Å². The Morgan fingerprint density at radius 1 is 1.43 bits per heavy atom. The minimum absolute atomic E-state index is 0.179. The van der Waals surface area contributed by atoms with Gasteiger partial charge in [0.05, 0.1) is 6.61 Å². The van der Waals surface area contributed by atoms with E-state index in [0.717, 1.165) is 6.08 Å². The van der Waals surface area contributed by atoms with E-state index in [0.29, 0.717) is 6.61 Å². The molecule has 1 aliphatic rings. The average molecular weight is 206 g/mol. The van der Waals surface area contributed by atoms with Gasteiger partial charge in [0.1, 0.15) is 0 Å². The van der Waals surface area contributed by atoms with E-state index in [1.165, 1.54) is 13.2 Å². The summed E-state index contributed by atoms with van der Waals surface area (Å²) < 4.78 is 42.3. The van der Waals surface area contributed by atoms with Gasteiger partial charge in [0.25, 0.3) is 0 Å². The Bertz CT molecular complexity index is 253. The predicted octanol–water partition coefficient (Wildman–Crippen LogP) is 2.94. The highest BCUT2D eigenvalue weighted by Crippen LogP contribution is 2.37. The third-order valence-electron chi connectivity index (χ3n) is 2.45. The fourth-order valence-corrected chi connectivity index (χ4v) is 1.60. The van der Waals surface area contributed by atoms with Crippen molar-refractivity contribution < 1.29 is 17.9 Å². The molecule has 80 valence electrons. The van der Waals surface area contributed by atoms with Crippen LogP contribution in [-0.2, 0) is 4.74 Å². The molecule has 0 spiro atoms. The highest BCUT2D eigenvalue weighted by molar-refractivity contribution is 5.26. The van der Waals surface area contributed by atoms with Crippen LogP contribution in [0.4, 0.5) is 13.2 Å². The predicted molar refractivity (Wildman–Crippen MR) is 47.8 cm³/mol. The van der Waals surface area contributed by atoms with Gasteiger partial charge in [0.2, 0.25) is 0 Å². The molecule has 0 aromatic carbocycles. The Morgan fingerprint density at radius 3 is 2.57 bits per heavy atom. The van der Waals surface area contributed by atoms with Crippen LogP contribution in [0.2, 0.25) is 0 Å². The lowest BCUT2D eigenvalue weighted by molar-refractivity contribution is -0.101. The molecule has 0 heterocycles. The summed E-state index contributed by atoms with van der Waals surface area (Å²) in [6.07, 6.45) is 0.114. The van der Waals surface area contributed by atoms with Crippen molar-refractivity contribution in [3.05, 3.63) is 23.8 Å². The van der Waals surface area contributed by atoms with Crippen LogP contribution < -0.4 is 0 Å². The molecule has 1 nitrogen and oxygen atoms in total. The molecule has 0 fully saturated rings. The second-order valence-electron chi connectivity index (χ2n) is 3.41. The lowest BCUT2D eigenvalue weighted by Gasteiger charge is -2.27. The average Bonchev–Trinajstić information content (AvgIpc) is 2.07. The molecule has 0 aliphatic heterocycles. The zero-order valence-electron chi connectivity index (χ0n) is 8.14. The molecule has 2 unspecified atom stereocenters. The summed E-state index contributed by atoms with van der Waals surface area (Å²) >= 11 is 0. The smallest absolute Gasteiger partial charge is 0.384 e. The Kier molecular flexibility index (Phi) is 3.37. The van der Waals surface area contributed by atoms with Crippen molar-refractivity contribution in [2.24, 2.45) is 11.8 Å². The van der Waals surface area contributed by atoms with Gasteiger partial charge in [-0.3, -0.25) is 0 Å². The quantitative estimate of drug-likeness (QED) is 0.675. The Balaban J connectivity index is 2.80. The first-order valence-electron chi connectivity index (χ1n) is 4.41. The minimum atomic E-state index is -4.23. The van der Waals surface area contributed by atoms with Crippen molar-refractivity contribution in [3.63, 3.8) is 0 Å². The summed E-state index contributed by atoms with van der Waals surface area (Å²) in [5.41, 5.74) is -0.470. The van der Waals surface area contributed by atoms with Gasteiger partial charge in [-0.15, -0.1) is 0 Å². The lowest BCUT2D eigenvalue weighted by atomic mass is 9.84. The number of halogens is 3. The van der Waals surface area contributed by atoms with Crippen LogP contribution in [0.1, 0.15) is 6.92 Å². The SMILES string of the molecule is COCC1C=CC=C(C(F)(F)F)C1C. The van der Waals surface area contributed by atoms with Crippen molar-refractivity contribution >= 4 is 0 Å². The summed E-state index contributed by atoms with van der Waals surface area (Å²) in [5, 5.41) is 0. The first-order valence-corrected chi connectivity index (χ1v) is 4.41. The topological polar surface area (TPSA) is 9.23 Å². The number of alkyl halides is 3. The summed E-state index contributed by atoms with van der Waals surface area (Å²) in [6, 6.07) is 0. The van der Waals surface area contributed by atoms with Gasteiger partial charge in [-0.05, 0) is 5.92 Å². The maximum absolute atomic E-state index is 12.5. The van der Waals surface area contributed by atoms with E-state index < -0.39 is 17.7 Å². The summed E-state index contributed by atoms with van der Waals surface area (Å²) in [6.45, 7) is 1.90. The second kappa shape index (κ2) is 4.17. The van der Waals surface area contributed by atoms with Gasteiger partial charge in [-0.1, -0.05) is 25.2 Å². The van der Waals surface area contributed by atoms with Crippen molar-refractivity contribution in [3.8, 4) is 0 Å². The molecule has 0 amide bonds. The fraction of sp³-hybridized carbons (Fsp3) is 0.600. The van der Waals surface area contributed by atoms with Crippen LogP contribution in [0, 0.1) is 11.8 Å². The van der Waals surface area contributed by atoms with Crippen molar-refractivity contribution in [1.82, 2.24) is 0 Å². The molecule has 0 N–H and O–H groups in total. The van der Waals surface area contributed by atoms with Gasteiger partial charge >= 0.3 is 6.18 Å². The molecule has 0 saturated heterocycles. The molecular formula is C10H13F3O. The highest BCUT2D eigenvalue weighted by Gasteiger charge is 2.39. The molecule has 1 rings (SSSR count). The van der Waals surface area contributed by atoms with E-state index in [1.54, 1.807) is 13.0 Å². The number of rotatable bonds is 2. The van der Waals surface area contributed by atoms with Crippen LogP contribution in [-0.4, -0.2) is 19.9 Å². The van der Waals surface area contributed by atoms with Gasteiger partial charge in [0.15, 0.2) is 0 Å². The molecule has 0 aromatic rings. The largest absolute Gasteiger partial charge is 0.412 e. The maximum atomic E-state index is 12.5. The van der Waals surface area contributed by atoms with Crippen LogP contribution in [0.15, 0.2) is 23.8 Å². The second-order valence-corrected chi connectivity index (χ2v) is 3.41. The summed E-state index contributed by atoms with van der Waals surface area (Å²) in [5.74, 6) is -0.707. The Morgan fingerprint density at radius 2 is 2.07 bits per heavy atom. The normalized spacial score (nSPS) is 27.6. The van der Waals surface area contributed by atoms with Crippen molar-refractivity contribution in [1.29, 1.82) is 0 Å². The van der Waals surface area contributed by atoms with E-state index in [9.17, 15) is 13.2 Å². The maximum Gasteiger partial charge on any atom is 0.412 e. The number of methoxy groups -OCH3 is 1. The Labute approximate surface area is 81.2 Å². The molecule has 14 heavy (non-hydrogen) atoms. The lowest BCUT2D eigenvalue weighted by Crippen LogP contribution is -2.27. The van der Waals surface area contributed by atoms with Crippen molar-refractivity contribution in [2.75, 3.05) is 13.7 Å². The van der Waals surface area contributed by atoms with E-state index in [4.69, 9.17) is 4.74 Å². The third kappa shape index (κ3) is 2.38. The fourth-order valence-electron chi connectivity index (χ4n) is 1.60. The van der Waals surface area contributed by atoms with E-state index in [2.05, 4.69) is 0 Å². The van der Waals surface area contributed by atoms with Crippen LogP contribution in [0.25, 0.3) is 0 Å². The first kappa shape index (κ1) is 11.3. The van der Waals surface area contributed by atoms with E-state index in [1.807, 2.05) is 0 Å². The molecular weight excluding hydrogens is 193 g/mol. The molecule has 0 radical (unpaired) electrons. The van der Waals surface area contributed by atoms with Gasteiger partial charge in [-0.2, -0.15) is 13.2 Å². The number of ether oxygens (including phenoxy) is 1. The standard InChI is InChI=1S/C10H13F3O/c1-7-8(6-14-2)4-3-5-9(7)10(11,12)13/h3-5,7-8H,6H2,1-2H3. The molecule has 1 aliphatic carbocycles. The number of hydrogen-bond donors (Lipinski definition) is 0. The first-order chi connectivity index (χ1) is 6.46. The molecule has 0 aromatic heterocycles. The van der Waals surface area contributed by atoms with Gasteiger partial charge in [0, 0.05) is 18.6 Å². The minimum Gasteiger partial charge on any atom is -0.384 e. The Hall–Kier alpha value is -0.770. The van der Waals surface area contributed by atoms with Crippen molar-refractivity contribution in [2.45, 2.75) is 13.1 Å². The molecule has 0 saturated carbocycles. The van der Waals surface area contributed by atoms with Gasteiger partial charge in [-0.25, -0.2) is 0 Å². The van der Waals surface area contributed by atoms with E-state index in [-0.39, 0.29) is 5.92 Å². The third-order valence-corrected chi connectivity index (χ3v) is 2.45. The molecule has 0 bridgehead atoms. The zero-order valence-corrected chi connectivity index (χ0v) is 8.14. The van der Waals surface area contributed by atoms with Crippen LogP contribution >= 0.6 is 0 Å². The summed E-state index contributed by atoms with van der Waals surface area (Å²) in [4.78, 5) is 0. The number of hydrogen-bond acceptors (Lipinski definition) is 1.